The number of anilines is 1. The Labute approximate surface area is 209 Å². The zero-order valence-electron chi connectivity index (χ0n) is 20.1. The molecular weight excluding hydrogens is 493 g/mol. The summed E-state index contributed by atoms with van der Waals surface area (Å²) in [4.78, 5) is 17.2. The average Bonchev–Trinajstić information content (AvgIpc) is 3.10. The molecule has 1 aromatic carbocycles. The number of fused-ring (bicyclic) bond motifs is 1. The van der Waals surface area contributed by atoms with Crippen molar-refractivity contribution < 1.29 is 17.6 Å². The van der Waals surface area contributed by atoms with E-state index in [2.05, 4.69) is 20.1 Å². The molecule has 0 spiro atoms. The van der Waals surface area contributed by atoms with Gasteiger partial charge in [-0.3, -0.25) is 9.48 Å². The number of hydrogen-bond donors (Lipinski definition) is 2. The Morgan fingerprint density at radius 3 is 2.69 bits per heavy atom. The maximum atomic E-state index is 15.0. The first-order valence-corrected chi connectivity index (χ1v) is 13.8. The molecule has 3 aromatic rings. The fraction of sp³-hybridized carbons (Fsp3) is 0.458. The Hall–Kier alpha value is -2.56. The molecule has 35 heavy (non-hydrogen) atoms. The standard InChI is InChI=1S/C24H29ClFN5O3S/c1-13(2)23-18-9-15(10-20(26)22(18)29-31(23)3)17-11-21(27-12-19(17)25)28-24(32)14-6-5-7-16(8-14)30-35(4,33)34/h9-14,16,30H,5-8H2,1-4H3,(H,27,28,32). The Morgan fingerprint density at radius 1 is 1.26 bits per heavy atom. The van der Waals surface area contributed by atoms with Crippen LogP contribution in [0.3, 0.4) is 0 Å². The van der Waals surface area contributed by atoms with Gasteiger partial charge in [0.2, 0.25) is 15.9 Å². The van der Waals surface area contributed by atoms with E-state index >= 15 is 0 Å². The summed E-state index contributed by atoms with van der Waals surface area (Å²) < 4.78 is 42.4. The molecule has 2 unspecified atom stereocenters. The van der Waals surface area contributed by atoms with Crippen LogP contribution in [0.1, 0.15) is 51.1 Å². The van der Waals surface area contributed by atoms with Gasteiger partial charge in [0, 0.05) is 41.8 Å². The van der Waals surface area contributed by atoms with Crippen molar-refractivity contribution in [3.8, 4) is 11.1 Å². The van der Waals surface area contributed by atoms with E-state index < -0.39 is 15.8 Å². The van der Waals surface area contributed by atoms with Gasteiger partial charge in [-0.15, -0.1) is 0 Å². The average molecular weight is 522 g/mol. The number of nitrogens with one attached hydrogen (secondary N) is 2. The second-order valence-corrected chi connectivity index (χ2v) is 11.7. The van der Waals surface area contributed by atoms with Gasteiger partial charge in [-0.1, -0.05) is 31.9 Å². The number of benzene rings is 1. The van der Waals surface area contributed by atoms with Crippen molar-refractivity contribution in [1.82, 2.24) is 19.5 Å². The van der Waals surface area contributed by atoms with E-state index in [0.29, 0.717) is 52.1 Å². The van der Waals surface area contributed by atoms with Gasteiger partial charge in [0.25, 0.3) is 0 Å². The fourth-order valence-corrected chi connectivity index (χ4v) is 5.94. The highest BCUT2D eigenvalue weighted by molar-refractivity contribution is 7.88. The maximum absolute atomic E-state index is 15.0. The molecule has 0 bridgehead atoms. The topological polar surface area (TPSA) is 106 Å². The van der Waals surface area contributed by atoms with Crippen LogP contribution in [-0.2, 0) is 21.9 Å². The van der Waals surface area contributed by atoms with E-state index in [0.717, 1.165) is 18.4 Å². The first kappa shape index (κ1) is 25.5. The monoisotopic (exact) mass is 521 g/mol. The summed E-state index contributed by atoms with van der Waals surface area (Å²) in [6.45, 7) is 4.05. The molecule has 1 saturated carbocycles. The van der Waals surface area contributed by atoms with E-state index in [4.69, 9.17) is 11.6 Å². The summed E-state index contributed by atoms with van der Waals surface area (Å²) in [6, 6.07) is 4.60. The summed E-state index contributed by atoms with van der Waals surface area (Å²) in [5, 5.41) is 8.18. The second-order valence-electron chi connectivity index (χ2n) is 9.51. The molecule has 1 aliphatic rings. The summed E-state index contributed by atoms with van der Waals surface area (Å²) >= 11 is 6.42. The minimum atomic E-state index is -3.34. The number of pyridine rings is 1. The lowest BCUT2D eigenvalue weighted by atomic mass is 9.85. The molecule has 2 N–H and O–H groups in total. The third kappa shape index (κ3) is 5.65. The summed E-state index contributed by atoms with van der Waals surface area (Å²) in [5.74, 6) is -0.601. The second kappa shape index (κ2) is 9.83. The van der Waals surface area contributed by atoms with Crippen LogP contribution in [0.4, 0.5) is 10.2 Å². The largest absolute Gasteiger partial charge is 0.310 e. The molecule has 0 aliphatic heterocycles. The quantitative estimate of drug-likeness (QED) is 0.493. The van der Waals surface area contributed by atoms with E-state index in [1.165, 1.54) is 12.3 Å². The molecular formula is C24H29ClFN5O3S. The van der Waals surface area contributed by atoms with Crippen molar-refractivity contribution in [2.24, 2.45) is 13.0 Å². The molecule has 1 amide bonds. The Kier molecular flexibility index (Phi) is 7.17. The normalized spacial score (nSPS) is 18.8. The van der Waals surface area contributed by atoms with E-state index in [1.54, 1.807) is 17.8 Å². The molecule has 188 valence electrons. The van der Waals surface area contributed by atoms with Gasteiger partial charge < -0.3 is 5.32 Å². The molecule has 8 nitrogen and oxygen atoms in total. The van der Waals surface area contributed by atoms with Crippen molar-refractivity contribution in [3.63, 3.8) is 0 Å². The van der Waals surface area contributed by atoms with Crippen LogP contribution in [0.15, 0.2) is 24.4 Å². The number of sulfonamides is 1. The first-order valence-electron chi connectivity index (χ1n) is 11.5. The summed E-state index contributed by atoms with van der Waals surface area (Å²) in [6.07, 6.45) is 5.06. The van der Waals surface area contributed by atoms with Crippen molar-refractivity contribution >= 4 is 44.3 Å². The number of hydrogen-bond acceptors (Lipinski definition) is 5. The highest BCUT2D eigenvalue weighted by Gasteiger charge is 2.29. The highest BCUT2D eigenvalue weighted by Crippen LogP contribution is 2.35. The van der Waals surface area contributed by atoms with Gasteiger partial charge in [-0.2, -0.15) is 5.10 Å². The maximum Gasteiger partial charge on any atom is 0.228 e. The summed E-state index contributed by atoms with van der Waals surface area (Å²) in [7, 11) is -1.55. The Bertz CT molecular complexity index is 1390. The molecule has 1 aliphatic carbocycles. The van der Waals surface area contributed by atoms with Gasteiger partial charge in [0.05, 0.1) is 11.3 Å². The van der Waals surface area contributed by atoms with E-state index in [-0.39, 0.29) is 23.8 Å². The van der Waals surface area contributed by atoms with E-state index in [9.17, 15) is 17.6 Å². The summed E-state index contributed by atoms with van der Waals surface area (Å²) in [5.41, 5.74) is 2.31. The molecule has 0 radical (unpaired) electrons. The first-order chi connectivity index (χ1) is 16.4. The van der Waals surface area contributed by atoms with Gasteiger partial charge in [-0.25, -0.2) is 22.5 Å². The Balaban J connectivity index is 1.60. The highest BCUT2D eigenvalue weighted by atomic mass is 35.5. The van der Waals surface area contributed by atoms with Crippen LogP contribution in [0.25, 0.3) is 22.0 Å². The van der Waals surface area contributed by atoms with Crippen molar-refractivity contribution in [2.75, 3.05) is 11.6 Å². The molecule has 2 atom stereocenters. The molecule has 2 aromatic heterocycles. The van der Waals surface area contributed by atoms with Crippen LogP contribution < -0.4 is 10.0 Å². The lowest BCUT2D eigenvalue weighted by Crippen LogP contribution is -2.40. The predicted octanol–water partition coefficient (Wildman–Crippen LogP) is 4.60. The number of amides is 1. The smallest absolute Gasteiger partial charge is 0.228 e. The predicted molar refractivity (Wildman–Crippen MR) is 135 cm³/mol. The molecule has 2 heterocycles. The van der Waals surface area contributed by atoms with Crippen LogP contribution in [0, 0.1) is 11.7 Å². The molecule has 0 saturated heterocycles. The lowest BCUT2D eigenvalue weighted by Gasteiger charge is -2.28. The number of carbonyl (C=O) groups excluding carboxylic acids is 1. The molecule has 1 fully saturated rings. The number of halogens is 2. The zero-order valence-corrected chi connectivity index (χ0v) is 21.7. The number of rotatable bonds is 6. The van der Waals surface area contributed by atoms with Gasteiger partial charge in [-0.05, 0) is 48.9 Å². The van der Waals surface area contributed by atoms with E-state index in [1.807, 2.05) is 19.9 Å². The van der Waals surface area contributed by atoms with Gasteiger partial charge in [0.15, 0.2) is 5.82 Å². The number of aromatic nitrogens is 3. The fourth-order valence-electron chi connectivity index (χ4n) is 4.91. The molecule has 4 rings (SSSR count). The van der Waals surface area contributed by atoms with Crippen molar-refractivity contribution in [3.05, 3.63) is 40.9 Å². The number of carbonyl (C=O) groups is 1. The minimum Gasteiger partial charge on any atom is -0.310 e. The van der Waals surface area contributed by atoms with Gasteiger partial charge in [0.1, 0.15) is 11.3 Å². The molecule has 11 heteroatoms. The number of aryl methyl sites for hydroxylation is 1. The number of nitrogens with zero attached hydrogens (tertiary/aromatic N) is 3. The van der Waals surface area contributed by atoms with Crippen molar-refractivity contribution in [2.45, 2.75) is 51.5 Å². The van der Waals surface area contributed by atoms with Crippen LogP contribution in [-0.4, -0.2) is 41.4 Å². The third-order valence-corrected chi connectivity index (χ3v) is 7.39. The minimum absolute atomic E-state index is 0.138. The van der Waals surface area contributed by atoms with Crippen LogP contribution in [0.2, 0.25) is 5.02 Å². The third-order valence-electron chi connectivity index (χ3n) is 6.33. The van der Waals surface area contributed by atoms with Crippen LogP contribution >= 0.6 is 11.6 Å². The zero-order chi connectivity index (χ0) is 25.5. The van der Waals surface area contributed by atoms with Crippen LogP contribution in [0.5, 0.6) is 0 Å². The Morgan fingerprint density at radius 2 is 2.00 bits per heavy atom. The lowest BCUT2D eigenvalue weighted by molar-refractivity contribution is -0.121. The van der Waals surface area contributed by atoms with Crippen molar-refractivity contribution in [1.29, 1.82) is 0 Å². The SMILES string of the molecule is CC(C)c1c2cc(-c3cc(NC(=O)C4CCCC(NS(C)(=O)=O)C4)ncc3Cl)cc(F)c2nn1C. The van der Waals surface area contributed by atoms with Gasteiger partial charge >= 0.3 is 0 Å².